The van der Waals surface area contributed by atoms with Crippen LogP contribution in [0.1, 0.15) is 13.3 Å². The largest absolute Gasteiger partial charge is 0.480 e. The van der Waals surface area contributed by atoms with Crippen LogP contribution in [-0.4, -0.2) is 56.2 Å². The minimum atomic E-state index is -3.69. The Balaban J connectivity index is 4.25. The summed E-state index contributed by atoms with van der Waals surface area (Å²) in [5, 5.41) is 17.2. The lowest BCUT2D eigenvalue weighted by molar-refractivity contribution is -0.139. The maximum Gasteiger partial charge on any atom is 0.321 e. The lowest BCUT2D eigenvalue weighted by atomic mass is 10.2. The van der Waals surface area contributed by atoms with Gasteiger partial charge < -0.3 is 14.9 Å². The Hall–Kier alpha value is -0.700. The van der Waals surface area contributed by atoms with Crippen molar-refractivity contribution >= 4 is 16.0 Å². The second-order valence-electron chi connectivity index (χ2n) is 3.04. The fraction of sp³-hybridized carbons (Fsp3) is 0.875. The molecule has 0 saturated heterocycles. The summed E-state index contributed by atoms with van der Waals surface area (Å²) in [4.78, 5) is 10.6. The Morgan fingerprint density at radius 2 is 2.12 bits per heavy atom. The third kappa shape index (κ3) is 6.72. The number of carboxylic acids is 1. The predicted molar refractivity (Wildman–Crippen MR) is 56.5 cm³/mol. The number of carbonyl (C=O) groups is 1. The number of rotatable bonds is 9. The Labute approximate surface area is 94.5 Å². The third-order valence-corrected chi connectivity index (χ3v) is 3.09. The fourth-order valence-electron chi connectivity index (χ4n) is 0.951. The number of sulfonamides is 1. The first-order valence-electron chi connectivity index (χ1n) is 4.84. The van der Waals surface area contributed by atoms with Crippen LogP contribution in [0.4, 0.5) is 0 Å². The molecular weight excluding hydrogens is 238 g/mol. The molecule has 16 heavy (non-hydrogen) atoms. The molecule has 96 valence electrons. The quantitative estimate of drug-likeness (QED) is 0.445. The third-order valence-electron chi connectivity index (χ3n) is 1.74. The first-order valence-corrected chi connectivity index (χ1v) is 6.49. The zero-order valence-corrected chi connectivity index (χ0v) is 9.87. The van der Waals surface area contributed by atoms with Gasteiger partial charge in [0.05, 0.1) is 12.4 Å². The van der Waals surface area contributed by atoms with Gasteiger partial charge in [0.2, 0.25) is 10.0 Å². The summed E-state index contributed by atoms with van der Waals surface area (Å²) in [7, 11) is -3.69. The molecule has 1 unspecified atom stereocenters. The van der Waals surface area contributed by atoms with Crippen LogP contribution in [0, 0.1) is 0 Å². The number of nitrogens with one attached hydrogen (secondary N) is 1. The Morgan fingerprint density at radius 1 is 1.50 bits per heavy atom. The van der Waals surface area contributed by atoms with Crippen molar-refractivity contribution in [2.24, 2.45) is 0 Å². The molecule has 8 heteroatoms. The highest BCUT2D eigenvalue weighted by atomic mass is 32.2. The molecule has 0 aromatic carbocycles. The van der Waals surface area contributed by atoms with Gasteiger partial charge in [0, 0.05) is 13.2 Å². The molecule has 0 saturated carbocycles. The second kappa shape index (κ2) is 7.55. The van der Waals surface area contributed by atoms with Crippen molar-refractivity contribution in [1.82, 2.24) is 4.72 Å². The number of ether oxygens (including phenoxy) is 1. The van der Waals surface area contributed by atoms with Crippen LogP contribution < -0.4 is 4.72 Å². The molecule has 0 rings (SSSR count). The van der Waals surface area contributed by atoms with Gasteiger partial charge in [0.1, 0.15) is 6.04 Å². The Morgan fingerprint density at radius 3 is 2.56 bits per heavy atom. The Bertz CT molecular complexity index is 302. The van der Waals surface area contributed by atoms with E-state index in [4.69, 9.17) is 14.9 Å². The summed E-state index contributed by atoms with van der Waals surface area (Å²) in [6.07, 6.45) is -0.163. The number of carboxylic acid groups (broad SMARTS) is 1. The van der Waals surface area contributed by atoms with E-state index in [1.165, 1.54) is 0 Å². The molecule has 0 spiro atoms. The molecule has 0 aliphatic rings. The van der Waals surface area contributed by atoms with Gasteiger partial charge in [-0.05, 0) is 13.3 Å². The van der Waals surface area contributed by atoms with E-state index in [9.17, 15) is 13.2 Å². The van der Waals surface area contributed by atoms with Gasteiger partial charge in [0.15, 0.2) is 0 Å². The van der Waals surface area contributed by atoms with Crippen molar-refractivity contribution in [2.45, 2.75) is 19.4 Å². The number of hydrogen-bond donors (Lipinski definition) is 3. The molecule has 0 amide bonds. The van der Waals surface area contributed by atoms with Crippen LogP contribution in [0.25, 0.3) is 0 Å². The van der Waals surface area contributed by atoms with E-state index in [0.29, 0.717) is 6.61 Å². The molecule has 0 aromatic rings. The van der Waals surface area contributed by atoms with E-state index in [-0.39, 0.29) is 18.8 Å². The molecular formula is C8H17NO6S. The first kappa shape index (κ1) is 15.3. The van der Waals surface area contributed by atoms with E-state index in [1.807, 2.05) is 4.72 Å². The van der Waals surface area contributed by atoms with E-state index in [0.717, 1.165) is 0 Å². The molecule has 1 atom stereocenters. The lowest BCUT2D eigenvalue weighted by Gasteiger charge is -2.13. The number of aliphatic carboxylic acids is 1. The molecule has 0 aliphatic carbocycles. The van der Waals surface area contributed by atoms with Gasteiger partial charge in [-0.25, -0.2) is 13.1 Å². The zero-order valence-electron chi connectivity index (χ0n) is 9.05. The highest BCUT2D eigenvalue weighted by Crippen LogP contribution is 1.96. The van der Waals surface area contributed by atoms with Crippen molar-refractivity contribution in [2.75, 3.05) is 25.6 Å². The van der Waals surface area contributed by atoms with Crippen molar-refractivity contribution in [3.05, 3.63) is 0 Å². The molecule has 3 N–H and O–H groups in total. The summed E-state index contributed by atoms with van der Waals surface area (Å²) in [6, 6.07) is -1.29. The highest BCUT2D eigenvalue weighted by Gasteiger charge is 2.23. The molecule has 0 aromatic heterocycles. The maximum absolute atomic E-state index is 11.4. The monoisotopic (exact) mass is 255 g/mol. The summed E-state index contributed by atoms with van der Waals surface area (Å²) in [5.74, 6) is -1.61. The highest BCUT2D eigenvalue weighted by molar-refractivity contribution is 7.89. The van der Waals surface area contributed by atoms with Crippen LogP contribution in [-0.2, 0) is 19.6 Å². The smallest absolute Gasteiger partial charge is 0.321 e. The van der Waals surface area contributed by atoms with E-state index < -0.39 is 28.6 Å². The summed E-state index contributed by atoms with van der Waals surface area (Å²) >= 11 is 0. The lowest BCUT2D eigenvalue weighted by Crippen LogP contribution is -2.42. The first-order chi connectivity index (χ1) is 7.43. The molecule has 0 bridgehead atoms. The van der Waals surface area contributed by atoms with Gasteiger partial charge in [-0.3, -0.25) is 4.79 Å². The average molecular weight is 255 g/mol. The topological polar surface area (TPSA) is 113 Å². The normalized spacial score (nSPS) is 13.6. The summed E-state index contributed by atoms with van der Waals surface area (Å²) in [5.41, 5.74) is 0. The number of hydrogen-bond acceptors (Lipinski definition) is 5. The molecule has 0 heterocycles. The van der Waals surface area contributed by atoms with E-state index in [2.05, 4.69) is 0 Å². The summed E-state index contributed by atoms with van der Waals surface area (Å²) < 4.78 is 29.6. The van der Waals surface area contributed by atoms with Crippen molar-refractivity contribution in [1.29, 1.82) is 0 Å². The fourth-order valence-corrected chi connectivity index (χ4v) is 2.06. The minimum absolute atomic E-state index is 0.0112. The summed E-state index contributed by atoms with van der Waals surface area (Å²) in [6.45, 7) is 1.74. The van der Waals surface area contributed by atoms with Gasteiger partial charge in [-0.2, -0.15) is 0 Å². The number of aliphatic hydroxyl groups excluding tert-OH is 1. The van der Waals surface area contributed by atoms with Crippen LogP contribution >= 0.6 is 0 Å². The van der Waals surface area contributed by atoms with Gasteiger partial charge in [0.25, 0.3) is 0 Å². The van der Waals surface area contributed by atoms with Gasteiger partial charge >= 0.3 is 5.97 Å². The number of aliphatic hydroxyl groups is 1. The Kier molecular flexibility index (Phi) is 7.22. The van der Waals surface area contributed by atoms with Crippen molar-refractivity contribution in [3.63, 3.8) is 0 Å². The van der Waals surface area contributed by atoms with Gasteiger partial charge in [-0.1, -0.05) is 0 Å². The average Bonchev–Trinajstić information content (AvgIpc) is 2.17. The van der Waals surface area contributed by atoms with Crippen LogP contribution in [0.15, 0.2) is 0 Å². The van der Waals surface area contributed by atoms with Crippen LogP contribution in [0.5, 0.6) is 0 Å². The SMILES string of the molecule is CCOCCS(=O)(=O)NC(CCO)C(=O)O. The van der Waals surface area contributed by atoms with Gasteiger partial charge in [-0.15, -0.1) is 0 Å². The molecule has 0 fully saturated rings. The van der Waals surface area contributed by atoms with Crippen LogP contribution in [0.3, 0.4) is 0 Å². The minimum Gasteiger partial charge on any atom is -0.480 e. The van der Waals surface area contributed by atoms with E-state index >= 15 is 0 Å². The molecule has 0 aliphatic heterocycles. The van der Waals surface area contributed by atoms with E-state index in [1.54, 1.807) is 6.92 Å². The standard InChI is InChI=1S/C8H17NO6S/c1-2-15-5-6-16(13,14)9-7(3-4-10)8(11)12/h7,9-10H,2-6H2,1H3,(H,11,12). The van der Waals surface area contributed by atoms with Crippen molar-refractivity contribution in [3.8, 4) is 0 Å². The second-order valence-corrected chi connectivity index (χ2v) is 4.91. The molecule has 7 nitrogen and oxygen atoms in total. The predicted octanol–water partition coefficient (Wildman–Crippen LogP) is -1.22. The van der Waals surface area contributed by atoms with Crippen molar-refractivity contribution < 1.29 is 28.2 Å². The zero-order chi connectivity index (χ0) is 12.6. The molecule has 0 radical (unpaired) electrons. The van der Waals surface area contributed by atoms with Crippen LogP contribution in [0.2, 0.25) is 0 Å². The maximum atomic E-state index is 11.4.